The molecule has 2 unspecified atom stereocenters. The largest absolute Gasteiger partial charge is 0.343 e. The van der Waals surface area contributed by atoms with Crippen LogP contribution in [-0.4, -0.2) is 34.6 Å². The molecule has 5 heteroatoms. The van der Waals surface area contributed by atoms with Crippen LogP contribution in [0.2, 0.25) is 0 Å². The van der Waals surface area contributed by atoms with E-state index in [9.17, 15) is 0 Å². The van der Waals surface area contributed by atoms with Crippen LogP contribution in [0.3, 0.4) is 0 Å². The fraction of sp³-hybridized carbons (Fsp3) is 0.800. The zero-order valence-electron chi connectivity index (χ0n) is 12.7. The smallest absolute Gasteiger partial charge is 0.186 e. The Hall–Kier alpha value is -0.260. The summed E-state index contributed by atoms with van der Waals surface area (Å²) in [5, 5.41) is 5.58. The zero-order valence-corrected chi connectivity index (χ0v) is 14.3. The van der Waals surface area contributed by atoms with Crippen LogP contribution >= 0.6 is 23.1 Å². The quantitative estimate of drug-likeness (QED) is 0.903. The van der Waals surface area contributed by atoms with E-state index in [1.54, 1.807) is 0 Å². The molecule has 2 aliphatic rings. The number of nitrogens with zero attached hydrogens (tertiary/aromatic N) is 2. The van der Waals surface area contributed by atoms with Gasteiger partial charge in [-0.3, -0.25) is 0 Å². The summed E-state index contributed by atoms with van der Waals surface area (Å²) in [6.07, 6.45) is 3.75. The summed E-state index contributed by atoms with van der Waals surface area (Å²) in [6, 6.07) is 1.37. The minimum atomic E-state index is 0.592. The lowest BCUT2D eigenvalue weighted by molar-refractivity contribution is 0.625. The first-order valence-corrected chi connectivity index (χ1v) is 9.65. The molecule has 0 spiro atoms. The van der Waals surface area contributed by atoms with E-state index >= 15 is 0 Å². The molecule has 2 fully saturated rings. The topological polar surface area (TPSA) is 28.2 Å². The fourth-order valence-electron chi connectivity index (χ4n) is 2.63. The lowest BCUT2D eigenvalue weighted by Crippen LogP contribution is -2.44. The van der Waals surface area contributed by atoms with Crippen molar-refractivity contribution in [3.63, 3.8) is 0 Å². The summed E-state index contributed by atoms with van der Waals surface area (Å²) in [4.78, 5) is 8.90. The van der Waals surface area contributed by atoms with E-state index in [0.29, 0.717) is 11.3 Å². The maximum absolute atomic E-state index is 4.93. The van der Waals surface area contributed by atoms with E-state index in [0.717, 1.165) is 25.6 Å². The zero-order chi connectivity index (χ0) is 14.1. The summed E-state index contributed by atoms with van der Waals surface area (Å²) in [7, 11) is 0. The Bertz CT molecular complexity index is 456. The predicted octanol–water partition coefficient (Wildman–Crippen LogP) is 3.29. The molecule has 1 saturated carbocycles. The minimum absolute atomic E-state index is 0.592. The molecular weight excluding hydrogens is 286 g/mol. The standard InChI is InChI=1S/C15H25N3S2/c1-4-13-14(9-16-12-5-6-12)20-15(17-13)18-7-8-19-11(3)10(18)2/h10-12,16H,4-9H2,1-3H3. The van der Waals surface area contributed by atoms with Crippen LogP contribution in [0, 0.1) is 0 Å². The summed E-state index contributed by atoms with van der Waals surface area (Å²) in [6.45, 7) is 9.05. The van der Waals surface area contributed by atoms with Crippen molar-refractivity contribution in [2.75, 3.05) is 17.2 Å². The third-order valence-corrected chi connectivity index (χ3v) is 6.83. The number of rotatable bonds is 5. The maximum Gasteiger partial charge on any atom is 0.186 e. The highest BCUT2D eigenvalue weighted by Crippen LogP contribution is 2.34. The van der Waals surface area contributed by atoms with Crippen molar-refractivity contribution in [1.29, 1.82) is 0 Å². The van der Waals surface area contributed by atoms with Gasteiger partial charge in [-0.05, 0) is 26.2 Å². The summed E-state index contributed by atoms with van der Waals surface area (Å²) in [5.74, 6) is 1.22. The monoisotopic (exact) mass is 311 g/mol. The second-order valence-corrected chi connectivity index (χ2v) is 8.43. The first kappa shape index (κ1) is 14.7. The molecule has 1 aliphatic heterocycles. The van der Waals surface area contributed by atoms with Crippen LogP contribution in [0.25, 0.3) is 0 Å². The van der Waals surface area contributed by atoms with Gasteiger partial charge in [0.2, 0.25) is 0 Å². The Labute approximate surface area is 130 Å². The number of aromatic nitrogens is 1. The molecule has 3 rings (SSSR count). The van der Waals surface area contributed by atoms with Crippen LogP contribution < -0.4 is 10.2 Å². The predicted molar refractivity (Wildman–Crippen MR) is 90.1 cm³/mol. The molecule has 1 N–H and O–H groups in total. The lowest BCUT2D eigenvalue weighted by atomic mass is 10.2. The SMILES string of the molecule is CCc1nc(N2CCSC(C)C2C)sc1CNC1CC1. The van der Waals surface area contributed by atoms with E-state index < -0.39 is 0 Å². The van der Waals surface area contributed by atoms with Crippen molar-refractivity contribution in [3.05, 3.63) is 10.6 Å². The molecule has 1 aromatic heterocycles. The van der Waals surface area contributed by atoms with Crippen molar-refractivity contribution in [1.82, 2.24) is 10.3 Å². The van der Waals surface area contributed by atoms with Gasteiger partial charge < -0.3 is 10.2 Å². The van der Waals surface area contributed by atoms with Gasteiger partial charge in [-0.15, -0.1) is 11.3 Å². The Morgan fingerprint density at radius 2 is 2.15 bits per heavy atom. The highest BCUT2D eigenvalue weighted by Gasteiger charge is 2.28. The maximum atomic E-state index is 4.93. The van der Waals surface area contributed by atoms with Gasteiger partial charge in [-0.1, -0.05) is 13.8 Å². The van der Waals surface area contributed by atoms with E-state index in [1.165, 1.54) is 34.3 Å². The highest BCUT2D eigenvalue weighted by atomic mass is 32.2. The van der Waals surface area contributed by atoms with Crippen molar-refractivity contribution in [3.8, 4) is 0 Å². The van der Waals surface area contributed by atoms with E-state index in [1.807, 2.05) is 11.3 Å². The van der Waals surface area contributed by atoms with Crippen LogP contribution in [0.15, 0.2) is 0 Å². The minimum Gasteiger partial charge on any atom is -0.343 e. The normalized spacial score (nSPS) is 27.1. The molecule has 0 radical (unpaired) electrons. The summed E-state index contributed by atoms with van der Waals surface area (Å²) in [5.41, 5.74) is 1.30. The van der Waals surface area contributed by atoms with Gasteiger partial charge in [-0.25, -0.2) is 4.98 Å². The van der Waals surface area contributed by atoms with Crippen LogP contribution in [0.4, 0.5) is 5.13 Å². The molecule has 3 nitrogen and oxygen atoms in total. The average molecular weight is 312 g/mol. The van der Waals surface area contributed by atoms with E-state index in [4.69, 9.17) is 4.98 Å². The Morgan fingerprint density at radius 3 is 2.85 bits per heavy atom. The van der Waals surface area contributed by atoms with Gasteiger partial charge in [0, 0.05) is 41.1 Å². The molecule has 1 saturated heterocycles. The molecule has 112 valence electrons. The number of nitrogens with one attached hydrogen (secondary N) is 1. The van der Waals surface area contributed by atoms with Crippen molar-refractivity contribution in [2.45, 2.75) is 63.9 Å². The lowest BCUT2D eigenvalue weighted by Gasteiger charge is -2.37. The first-order chi connectivity index (χ1) is 9.69. The molecule has 20 heavy (non-hydrogen) atoms. The Morgan fingerprint density at radius 1 is 1.35 bits per heavy atom. The molecular formula is C15H25N3S2. The van der Waals surface area contributed by atoms with Gasteiger partial charge in [-0.2, -0.15) is 11.8 Å². The molecule has 0 bridgehead atoms. The van der Waals surface area contributed by atoms with Gasteiger partial charge in [0.1, 0.15) is 0 Å². The number of anilines is 1. The molecule has 2 atom stereocenters. The molecule has 2 heterocycles. The molecule has 0 amide bonds. The third kappa shape index (κ3) is 3.15. The number of aryl methyl sites for hydroxylation is 1. The summed E-state index contributed by atoms with van der Waals surface area (Å²) >= 11 is 4.00. The number of thiazole rings is 1. The average Bonchev–Trinajstić information content (AvgIpc) is 3.19. The Balaban J connectivity index is 1.74. The van der Waals surface area contributed by atoms with E-state index in [2.05, 4.69) is 42.7 Å². The summed E-state index contributed by atoms with van der Waals surface area (Å²) < 4.78 is 0. The van der Waals surface area contributed by atoms with Crippen LogP contribution in [0.5, 0.6) is 0 Å². The number of hydrogen-bond acceptors (Lipinski definition) is 5. The van der Waals surface area contributed by atoms with Gasteiger partial charge in [0.05, 0.1) is 5.69 Å². The van der Waals surface area contributed by atoms with Crippen LogP contribution in [-0.2, 0) is 13.0 Å². The van der Waals surface area contributed by atoms with Gasteiger partial charge >= 0.3 is 0 Å². The number of hydrogen-bond donors (Lipinski definition) is 1. The first-order valence-electron chi connectivity index (χ1n) is 7.79. The highest BCUT2D eigenvalue weighted by molar-refractivity contribution is 8.00. The third-order valence-electron chi connectivity index (χ3n) is 4.36. The van der Waals surface area contributed by atoms with Crippen LogP contribution in [0.1, 0.15) is 44.2 Å². The fourth-order valence-corrected chi connectivity index (χ4v) is 4.95. The second-order valence-electron chi connectivity index (χ2n) is 5.88. The molecule has 1 aliphatic carbocycles. The molecule has 1 aromatic rings. The van der Waals surface area contributed by atoms with Gasteiger partial charge in [0.15, 0.2) is 5.13 Å². The van der Waals surface area contributed by atoms with Crippen molar-refractivity contribution >= 4 is 28.2 Å². The van der Waals surface area contributed by atoms with E-state index in [-0.39, 0.29) is 0 Å². The Kier molecular flexibility index (Phi) is 4.58. The second kappa shape index (κ2) is 6.24. The van der Waals surface area contributed by atoms with Gasteiger partial charge in [0.25, 0.3) is 0 Å². The number of thioether (sulfide) groups is 1. The van der Waals surface area contributed by atoms with Crippen molar-refractivity contribution in [2.24, 2.45) is 0 Å². The van der Waals surface area contributed by atoms with Crippen molar-refractivity contribution < 1.29 is 0 Å². The molecule has 0 aromatic carbocycles.